The van der Waals surface area contributed by atoms with Gasteiger partial charge in [0.2, 0.25) is 5.91 Å². The second-order valence-electron chi connectivity index (χ2n) is 5.79. The monoisotopic (exact) mass is 334 g/mol. The van der Waals surface area contributed by atoms with Crippen LogP contribution >= 0.6 is 0 Å². The Morgan fingerprint density at radius 3 is 2.33 bits per heavy atom. The van der Waals surface area contributed by atoms with Crippen LogP contribution in [0.3, 0.4) is 0 Å². The number of rotatable bonds is 8. The number of nitrogens with one attached hydrogen (secondary N) is 1. The fourth-order valence-electron chi connectivity index (χ4n) is 2.35. The molecule has 0 bridgehead atoms. The summed E-state index contributed by atoms with van der Waals surface area (Å²) in [5.41, 5.74) is 3.89. The lowest BCUT2D eigenvalue weighted by Gasteiger charge is -2.18. The molecule has 24 heavy (non-hydrogen) atoms. The number of nitrogens with zero attached hydrogens (tertiary/aromatic N) is 1. The van der Waals surface area contributed by atoms with E-state index in [2.05, 4.69) is 10.5 Å². The van der Waals surface area contributed by atoms with Gasteiger partial charge in [0.1, 0.15) is 5.75 Å². The van der Waals surface area contributed by atoms with Crippen LogP contribution in [0.25, 0.3) is 0 Å². The third-order valence-corrected chi connectivity index (χ3v) is 3.54. The molecule has 1 unspecified atom stereocenters. The minimum absolute atomic E-state index is 0.0336. The minimum Gasteiger partial charge on any atom is -0.497 e. The molecule has 1 N–H and O–H groups in total. The van der Waals surface area contributed by atoms with Gasteiger partial charge in [-0.2, -0.15) is 5.10 Å². The van der Waals surface area contributed by atoms with Gasteiger partial charge in [0.25, 0.3) is 0 Å². The van der Waals surface area contributed by atoms with Crippen molar-refractivity contribution in [3.8, 4) is 5.75 Å². The normalized spacial score (nSPS) is 12.7. The van der Waals surface area contributed by atoms with E-state index in [4.69, 9.17) is 9.47 Å². The Morgan fingerprint density at radius 1 is 1.21 bits per heavy atom. The van der Waals surface area contributed by atoms with E-state index in [1.807, 2.05) is 26.0 Å². The molecule has 0 aliphatic heterocycles. The largest absolute Gasteiger partial charge is 0.497 e. The number of hydrogen-bond donors (Lipinski definition) is 1. The molecule has 1 rings (SSSR count). The molecule has 0 spiro atoms. The number of carbonyl (C=O) groups excluding carboxylic acids is 2. The lowest BCUT2D eigenvalue weighted by molar-refractivity contribution is -0.146. The first-order valence-corrected chi connectivity index (χ1v) is 8.01. The third kappa shape index (κ3) is 6.02. The van der Waals surface area contributed by atoms with Crippen LogP contribution in [-0.4, -0.2) is 31.3 Å². The summed E-state index contributed by atoms with van der Waals surface area (Å²) >= 11 is 0. The number of ether oxygens (including phenoxy) is 2. The van der Waals surface area contributed by atoms with Gasteiger partial charge in [-0.3, -0.25) is 9.59 Å². The summed E-state index contributed by atoms with van der Waals surface area (Å²) in [5, 5.41) is 4.07. The second kappa shape index (κ2) is 9.70. The standard InChI is InChI=1S/C18H26N2O4/c1-6-24-18(22)17(12(2)3)13(4)19-20-16(21)11-14-7-9-15(23-5)10-8-14/h7-10,12,17H,6,11H2,1-5H3,(H,20,21)/b19-13+. The Bertz CT molecular complexity index is 579. The minimum atomic E-state index is -0.466. The van der Waals surface area contributed by atoms with Crippen molar-refractivity contribution in [2.24, 2.45) is 16.9 Å². The van der Waals surface area contributed by atoms with Gasteiger partial charge in [-0.25, -0.2) is 5.43 Å². The summed E-state index contributed by atoms with van der Waals surface area (Å²) in [7, 11) is 1.59. The lowest BCUT2D eigenvalue weighted by atomic mass is 9.92. The van der Waals surface area contributed by atoms with E-state index in [0.717, 1.165) is 11.3 Å². The van der Waals surface area contributed by atoms with Gasteiger partial charge in [-0.15, -0.1) is 0 Å². The summed E-state index contributed by atoms with van der Waals surface area (Å²) in [6.07, 6.45) is 0.201. The molecule has 0 aliphatic rings. The molecule has 1 aromatic carbocycles. The van der Waals surface area contributed by atoms with Crippen LogP contribution in [0.4, 0.5) is 0 Å². The fourth-order valence-corrected chi connectivity index (χ4v) is 2.35. The molecular formula is C18H26N2O4. The van der Waals surface area contributed by atoms with Crippen LogP contribution in [0.1, 0.15) is 33.3 Å². The highest BCUT2D eigenvalue weighted by Crippen LogP contribution is 2.15. The Labute approximate surface area is 143 Å². The van der Waals surface area contributed by atoms with Gasteiger partial charge in [0, 0.05) is 5.71 Å². The van der Waals surface area contributed by atoms with Gasteiger partial charge in [-0.05, 0) is 37.5 Å². The molecule has 6 heteroatoms. The summed E-state index contributed by atoms with van der Waals surface area (Å²) in [5.74, 6) is -0.260. The van der Waals surface area contributed by atoms with Crippen molar-refractivity contribution < 1.29 is 19.1 Å². The van der Waals surface area contributed by atoms with Crippen molar-refractivity contribution in [3.05, 3.63) is 29.8 Å². The molecule has 0 aromatic heterocycles. The Hall–Kier alpha value is -2.37. The number of methoxy groups -OCH3 is 1. The molecular weight excluding hydrogens is 308 g/mol. The van der Waals surface area contributed by atoms with E-state index in [0.29, 0.717) is 12.3 Å². The van der Waals surface area contributed by atoms with Gasteiger partial charge < -0.3 is 9.47 Å². The van der Waals surface area contributed by atoms with Crippen molar-refractivity contribution in [3.63, 3.8) is 0 Å². The maximum atomic E-state index is 12.0. The highest BCUT2D eigenvalue weighted by Gasteiger charge is 2.26. The molecule has 0 fully saturated rings. The van der Waals surface area contributed by atoms with Gasteiger partial charge in [0.15, 0.2) is 0 Å². The molecule has 6 nitrogen and oxygen atoms in total. The predicted octanol–water partition coefficient (Wildman–Crippen LogP) is 2.57. The molecule has 0 aliphatic carbocycles. The smallest absolute Gasteiger partial charge is 0.314 e. The van der Waals surface area contributed by atoms with Crippen LogP contribution in [0.15, 0.2) is 29.4 Å². The zero-order valence-electron chi connectivity index (χ0n) is 15.0. The van der Waals surface area contributed by atoms with E-state index in [1.165, 1.54) is 0 Å². The molecule has 0 heterocycles. The zero-order valence-corrected chi connectivity index (χ0v) is 15.0. The quantitative estimate of drug-likeness (QED) is 0.450. The SMILES string of the molecule is CCOC(=O)C(/C(C)=N/NC(=O)Cc1ccc(OC)cc1)C(C)C. The molecule has 0 saturated heterocycles. The first-order chi connectivity index (χ1) is 11.4. The van der Waals surface area contributed by atoms with E-state index in [9.17, 15) is 9.59 Å². The second-order valence-corrected chi connectivity index (χ2v) is 5.79. The molecule has 132 valence electrons. The number of carbonyl (C=O) groups is 2. The van der Waals surface area contributed by atoms with Crippen molar-refractivity contribution in [1.29, 1.82) is 0 Å². The first kappa shape index (κ1) is 19.7. The highest BCUT2D eigenvalue weighted by molar-refractivity contribution is 6.01. The van der Waals surface area contributed by atoms with E-state index in [-0.39, 0.29) is 24.2 Å². The van der Waals surface area contributed by atoms with Crippen LogP contribution in [-0.2, 0) is 20.7 Å². The molecule has 1 atom stereocenters. The summed E-state index contributed by atoms with van der Waals surface area (Å²) in [4.78, 5) is 24.0. The number of amides is 1. The van der Waals surface area contributed by atoms with Crippen LogP contribution in [0, 0.1) is 11.8 Å². The summed E-state index contributed by atoms with van der Waals surface area (Å²) < 4.78 is 10.1. The van der Waals surface area contributed by atoms with Crippen LogP contribution in [0.5, 0.6) is 5.75 Å². The molecule has 1 aromatic rings. The van der Waals surface area contributed by atoms with Gasteiger partial charge in [-0.1, -0.05) is 26.0 Å². The molecule has 0 saturated carbocycles. The average molecular weight is 334 g/mol. The van der Waals surface area contributed by atoms with E-state index >= 15 is 0 Å². The van der Waals surface area contributed by atoms with Gasteiger partial charge >= 0.3 is 5.97 Å². The van der Waals surface area contributed by atoms with E-state index < -0.39 is 5.92 Å². The lowest BCUT2D eigenvalue weighted by Crippen LogP contribution is -2.31. The first-order valence-electron chi connectivity index (χ1n) is 8.01. The number of esters is 1. The Balaban J connectivity index is 2.67. The Kier molecular flexibility index (Phi) is 7.95. The summed E-state index contributed by atoms with van der Waals surface area (Å²) in [6.45, 7) is 7.63. The number of hydrazone groups is 1. The summed E-state index contributed by atoms with van der Waals surface area (Å²) in [6, 6.07) is 7.24. The number of hydrogen-bond acceptors (Lipinski definition) is 5. The zero-order chi connectivity index (χ0) is 18.1. The maximum absolute atomic E-state index is 12.0. The van der Waals surface area contributed by atoms with Gasteiger partial charge in [0.05, 0.1) is 26.1 Å². The Morgan fingerprint density at radius 2 is 1.83 bits per heavy atom. The highest BCUT2D eigenvalue weighted by atomic mass is 16.5. The van der Waals surface area contributed by atoms with Crippen molar-refractivity contribution in [2.75, 3.05) is 13.7 Å². The topological polar surface area (TPSA) is 77.0 Å². The molecule has 0 radical (unpaired) electrons. The average Bonchev–Trinajstić information content (AvgIpc) is 2.53. The molecule has 1 amide bonds. The van der Waals surface area contributed by atoms with Crippen LogP contribution in [0.2, 0.25) is 0 Å². The number of benzene rings is 1. The third-order valence-electron chi connectivity index (χ3n) is 3.54. The van der Waals surface area contributed by atoms with Crippen molar-refractivity contribution in [1.82, 2.24) is 5.43 Å². The maximum Gasteiger partial charge on any atom is 0.314 e. The van der Waals surface area contributed by atoms with Crippen LogP contribution < -0.4 is 10.2 Å². The van der Waals surface area contributed by atoms with Crippen molar-refractivity contribution >= 4 is 17.6 Å². The fraction of sp³-hybridized carbons (Fsp3) is 0.500. The van der Waals surface area contributed by atoms with E-state index in [1.54, 1.807) is 33.1 Å². The predicted molar refractivity (Wildman–Crippen MR) is 92.9 cm³/mol. The van der Waals surface area contributed by atoms with Crippen molar-refractivity contribution in [2.45, 2.75) is 34.1 Å².